The summed E-state index contributed by atoms with van der Waals surface area (Å²) in [6.07, 6.45) is 4.50. The SMILES string of the molecule is CCOP(=O)(OCC)Oc1cc2c(c(OP(=O)(OCC)OCC)c1)C(=O)C(=Cc1cn(CCCN(C)C)c3ccc(OC)cc13)O2. The van der Waals surface area contributed by atoms with Crippen LogP contribution in [0.2, 0.25) is 0 Å². The van der Waals surface area contributed by atoms with Gasteiger partial charge in [-0.2, -0.15) is 0 Å². The third-order valence-corrected chi connectivity index (χ3v) is 9.85. The molecule has 0 saturated carbocycles. The van der Waals surface area contributed by atoms with E-state index in [1.54, 1.807) is 40.9 Å². The lowest BCUT2D eigenvalue weighted by Crippen LogP contribution is -2.14. The Kier molecular flexibility index (Phi) is 12.1. The van der Waals surface area contributed by atoms with Crippen molar-refractivity contribution in [2.24, 2.45) is 0 Å². The Morgan fingerprint density at radius 1 is 0.870 bits per heavy atom. The number of nitrogens with zero attached hydrogens (tertiary/aromatic N) is 2. The number of aryl methyl sites for hydroxylation is 1. The standard InChI is InChI=1S/C31H42N2O11P2/c1-8-38-45(35,39-9-2)43-24-19-27-30(28(20-24)44-46(36,40-10-3)41-11-4)31(34)29(42-27)17-22-21-33(16-12-15-32(5)6)26-14-13-23(37-7)18-25(22)26/h13-14,17-21H,8-12,15-16H2,1-7H3. The number of rotatable bonds is 18. The van der Waals surface area contributed by atoms with Crippen LogP contribution in [-0.2, 0) is 33.8 Å². The maximum absolute atomic E-state index is 13.9. The molecule has 0 amide bonds. The number of hydrogen-bond donors (Lipinski definition) is 0. The Bertz CT molecular complexity index is 1650. The smallest absolute Gasteiger partial charge is 0.497 e. The number of fused-ring (bicyclic) bond motifs is 2. The molecule has 0 N–H and O–H groups in total. The minimum absolute atomic E-state index is 0.0111. The van der Waals surface area contributed by atoms with E-state index in [4.69, 9.17) is 36.6 Å². The molecule has 0 atom stereocenters. The van der Waals surface area contributed by atoms with E-state index in [1.165, 1.54) is 12.1 Å². The second-order valence-corrected chi connectivity index (χ2v) is 13.5. The van der Waals surface area contributed by atoms with Crippen molar-refractivity contribution in [3.05, 3.63) is 53.4 Å². The second kappa shape index (κ2) is 15.6. The van der Waals surface area contributed by atoms with Crippen LogP contribution in [0.25, 0.3) is 17.0 Å². The minimum Gasteiger partial charge on any atom is -0.497 e. The van der Waals surface area contributed by atoms with Crippen LogP contribution >= 0.6 is 15.6 Å². The lowest BCUT2D eigenvalue weighted by Gasteiger charge is -2.20. The van der Waals surface area contributed by atoms with Crippen molar-refractivity contribution in [2.75, 3.05) is 54.2 Å². The topological polar surface area (TPSA) is 133 Å². The fourth-order valence-electron chi connectivity index (χ4n) is 4.87. The first-order valence-electron chi connectivity index (χ1n) is 15.1. The fraction of sp³-hybridized carbons (Fsp3) is 0.452. The number of allylic oxidation sites excluding steroid dienone is 1. The Balaban J connectivity index is 1.80. The lowest BCUT2D eigenvalue weighted by atomic mass is 10.1. The molecule has 4 rings (SSSR count). The first kappa shape index (κ1) is 35.7. The van der Waals surface area contributed by atoms with Gasteiger partial charge in [-0.3, -0.25) is 22.9 Å². The van der Waals surface area contributed by atoms with Crippen molar-refractivity contribution in [2.45, 2.75) is 40.7 Å². The highest BCUT2D eigenvalue weighted by Gasteiger charge is 2.38. The molecule has 2 heterocycles. The third-order valence-electron chi connectivity index (χ3n) is 6.70. The fourth-order valence-corrected chi connectivity index (χ4v) is 7.24. The van der Waals surface area contributed by atoms with E-state index in [9.17, 15) is 13.9 Å². The molecule has 0 spiro atoms. The van der Waals surface area contributed by atoms with Crippen molar-refractivity contribution in [3.63, 3.8) is 0 Å². The Labute approximate surface area is 269 Å². The van der Waals surface area contributed by atoms with Gasteiger partial charge < -0.3 is 28.0 Å². The number of Topliss-reactive ketones (excluding diaryl/α,β-unsaturated/α-hetero) is 1. The van der Waals surface area contributed by atoms with E-state index in [0.717, 1.165) is 36.0 Å². The average Bonchev–Trinajstić information content (AvgIpc) is 3.49. The molecule has 0 bridgehead atoms. The van der Waals surface area contributed by atoms with E-state index in [1.807, 2.05) is 38.5 Å². The highest BCUT2D eigenvalue weighted by atomic mass is 31.2. The molecule has 252 valence electrons. The summed E-state index contributed by atoms with van der Waals surface area (Å²) in [5, 5.41) is 0.858. The molecule has 0 saturated heterocycles. The Morgan fingerprint density at radius 3 is 2.09 bits per heavy atom. The predicted octanol–water partition coefficient (Wildman–Crippen LogP) is 7.34. The quantitative estimate of drug-likeness (QED) is 0.0983. The number of carbonyl (C=O) groups excluding carboxylic acids is 1. The summed E-state index contributed by atoms with van der Waals surface area (Å²) in [7, 11) is -2.59. The van der Waals surface area contributed by atoms with E-state index < -0.39 is 21.4 Å². The highest BCUT2D eigenvalue weighted by Crippen LogP contribution is 2.55. The number of carbonyl (C=O) groups is 1. The summed E-state index contributed by atoms with van der Waals surface area (Å²) >= 11 is 0. The first-order valence-corrected chi connectivity index (χ1v) is 18.0. The number of phosphoric acid groups is 2. The van der Waals surface area contributed by atoms with Crippen LogP contribution in [0.15, 0.2) is 42.3 Å². The summed E-state index contributed by atoms with van der Waals surface area (Å²) in [4.78, 5) is 16.0. The van der Waals surface area contributed by atoms with Gasteiger partial charge in [-0.15, -0.1) is 0 Å². The van der Waals surface area contributed by atoms with Gasteiger partial charge in [-0.1, -0.05) is 0 Å². The zero-order chi connectivity index (χ0) is 33.5. The van der Waals surface area contributed by atoms with Gasteiger partial charge in [0.25, 0.3) is 0 Å². The van der Waals surface area contributed by atoms with Gasteiger partial charge in [0.15, 0.2) is 5.76 Å². The molecule has 46 heavy (non-hydrogen) atoms. The second-order valence-electron chi connectivity index (χ2n) is 10.3. The van der Waals surface area contributed by atoms with Crippen LogP contribution in [0.5, 0.6) is 23.0 Å². The lowest BCUT2D eigenvalue weighted by molar-refractivity contribution is 0.101. The molecule has 0 unspecified atom stereocenters. The molecular formula is C31H42N2O11P2. The van der Waals surface area contributed by atoms with Crippen molar-refractivity contribution in [1.82, 2.24) is 9.47 Å². The van der Waals surface area contributed by atoms with Crippen LogP contribution in [0, 0.1) is 0 Å². The molecule has 15 heteroatoms. The molecule has 1 aromatic heterocycles. The van der Waals surface area contributed by atoms with Gasteiger partial charge in [-0.25, -0.2) is 9.13 Å². The maximum atomic E-state index is 13.9. The molecule has 1 aliphatic rings. The molecule has 1 aliphatic heterocycles. The molecular weight excluding hydrogens is 638 g/mol. The van der Waals surface area contributed by atoms with E-state index in [2.05, 4.69) is 9.47 Å². The van der Waals surface area contributed by atoms with Gasteiger partial charge in [0.1, 0.15) is 28.6 Å². The zero-order valence-electron chi connectivity index (χ0n) is 27.3. The van der Waals surface area contributed by atoms with Crippen molar-refractivity contribution in [3.8, 4) is 23.0 Å². The van der Waals surface area contributed by atoms with Crippen LogP contribution < -0.4 is 18.5 Å². The zero-order valence-corrected chi connectivity index (χ0v) is 29.1. The minimum atomic E-state index is -4.17. The van der Waals surface area contributed by atoms with Gasteiger partial charge in [0.05, 0.1) is 33.5 Å². The van der Waals surface area contributed by atoms with Crippen LogP contribution in [0.3, 0.4) is 0 Å². The largest absolute Gasteiger partial charge is 0.530 e. The predicted molar refractivity (Wildman–Crippen MR) is 174 cm³/mol. The van der Waals surface area contributed by atoms with Crippen LogP contribution in [0.1, 0.15) is 50.0 Å². The van der Waals surface area contributed by atoms with Gasteiger partial charge >= 0.3 is 15.6 Å². The van der Waals surface area contributed by atoms with Crippen molar-refractivity contribution in [1.29, 1.82) is 0 Å². The van der Waals surface area contributed by atoms with E-state index >= 15 is 0 Å². The number of aromatic nitrogens is 1. The maximum Gasteiger partial charge on any atom is 0.530 e. The molecule has 0 radical (unpaired) electrons. The summed E-state index contributed by atoms with van der Waals surface area (Å²) in [5.41, 5.74) is 1.65. The Morgan fingerprint density at radius 2 is 1.50 bits per heavy atom. The number of ketones is 1. The van der Waals surface area contributed by atoms with E-state index in [0.29, 0.717) is 5.75 Å². The molecule has 0 fully saturated rings. The normalized spacial score (nSPS) is 14.3. The average molecular weight is 681 g/mol. The van der Waals surface area contributed by atoms with Crippen LogP contribution in [-0.4, -0.2) is 69.4 Å². The number of methoxy groups -OCH3 is 1. The number of ether oxygens (including phenoxy) is 2. The van der Waals surface area contributed by atoms with Crippen molar-refractivity contribution >= 4 is 38.4 Å². The van der Waals surface area contributed by atoms with Gasteiger partial charge in [0, 0.05) is 41.3 Å². The van der Waals surface area contributed by atoms with E-state index in [-0.39, 0.29) is 55.0 Å². The third kappa shape index (κ3) is 8.41. The molecule has 2 aromatic carbocycles. The van der Waals surface area contributed by atoms with Crippen molar-refractivity contribution < 1.29 is 50.5 Å². The monoisotopic (exact) mass is 680 g/mol. The summed E-state index contributed by atoms with van der Waals surface area (Å²) in [5.74, 6) is -0.158. The first-order chi connectivity index (χ1) is 22.0. The number of hydrogen-bond acceptors (Lipinski definition) is 12. The summed E-state index contributed by atoms with van der Waals surface area (Å²) < 4.78 is 72.8. The summed E-state index contributed by atoms with van der Waals surface area (Å²) in [6, 6.07) is 8.38. The highest BCUT2D eigenvalue weighted by molar-refractivity contribution is 7.49. The Hall–Kier alpha value is -3.15. The van der Waals surface area contributed by atoms with Crippen LogP contribution in [0.4, 0.5) is 0 Å². The number of benzene rings is 2. The molecule has 0 aliphatic carbocycles. The van der Waals surface area contributed by atoms with Gasteiger partial charge in [0.2, 0.25) is 5.78 Å². The van der Waals surface area contributed by atoms with Gasteiger partial charge in [-0.05, 0) is 79.0 Å². The number of phosphoric ester groups is 2. The summed E-state index contributed by atoms with van der Waals surface area (Å²) in [6.45, 7) is 8.30. The molecule has 13 nitrogen and oxygen atoms in total. The molecule has 3 aromatic rings.